The van der Waals surface area contributed by atoms with Crippen molar-refractivity contribution in [2.45, 2.75) is 46.2 Å². The van der Waals surface area contributed by atoms with Crippen LogP contribution in [-0.4, -0.2) is 44.0 Å². The van der Waals surface area contributed by atoms with E-state index in [9.17, 15) is 8.42 Å². The molecular weight excluding hydrogens is 306 g/mol. The van der Waals surface area contributed by atoms with E-state index in [1.807, 2.05) is 6.92 Å². The van der Waals surface area contributed by atoms with Crippen molar-refractivity contribution in [2.75, 3.05) is 29.5 Å². The number of sulfone groups is 1. The van der Waals surface area contributed by atoms with Crippen LogP contribution in [0.2, 0.25) is 0 Å². The first-order valence-electron chi connectivity index (χ1n) is 7.63. The summed E-state index contributed by atoms with van der Waals surface area (Å²) in [5.41, 5.74) is 1.17. The van der Waals surface area contributed by atoms with Gasteiger partial charge in [-0.3, -0.25) is 0 Å². The highest BCUT2D eigenvalue weighted by Gasteiger charge is 2.30. The fourth-order valence-corrected chi connectivity index (χ4v) is 5.35. The van der Waals surface area contributed by atoms with E-state index in [1.54, 1.807) is 11.3 Å². The van der Waals surface area contributed by atoms with Crippen molar-refractivity contribution in [3.63, 3.8) is 0 Å². The first-order chi connectivity index (χ1) is 9.96. The van der Waals surface area contributed by atoms with Gasteiger partial charge in [0.2, 0.25) is 0 Å². The Morgan fingerprint density at radius 1 is 1.43 bits per heavy atom. The molecule has 21 heavy (non-hydrogen) atoms. The molecule has 0 aliphatic carbocycles. The zero-order valence-electron chi connectivity index (χ0n) is 13.1. The molecule has 0 spiro atoms. The Hall–Kier alpha value is -0.660. The number of aromatic nitrogens is 1. The second-order valence-electron chi connectivity index (χ2n) is 5.55. The molecule has 1 aromatic rings. The molecule has 1 aromatic heterocycles. The predicted molar refractivity (Wildman–Crippen MR) is 89.0 cm³/mol. The van der Waals surface area contributed by atoms with Gasteiger partial charge in [0.15, 0.2) is 15.0 Å². The van der Waals surface area contributed by atoms with Crippen molar-refractivity contribution in [2.24, 2.45) is 0 Å². The van der Waals surface area contributed by atoms with Crippen LogP contribution in [0.15, 0.2) is 0 Å². The van der Waals surface area contributed by atoms with Gasteiger partial charge in [0, 0.05) is 24.0 Å². The second-order valence-corrected chi connectivity index (χ2v) is 8.84. The molecule has 0 bridgehead atoms. The van der Waals surface area contributed by atoms with E-state index in [1.165, 1.54) is 10.6 Å². The topological polar surface area (TPSA) is 62.3 Å². The fraction of sp³-hybridized carbons (Fsp3) is 0.786. The van der Waals surface area contributed by atoms with E-state index in [0.717, 1.165) is 31.1 Å². The lowest BCUT2D eigenvalue weighted by molar-refractivity contribution is 0.568. The van der Waals surface area contributed by atoms with Gasteiger partial charge in [0.1, 0.15) is 0 Å². The number of nitrogens with zero attached hydrogens (tertiary/aromatic N) is 2. The van der Waals surface area contributed by atoms with Crippen LogP contribution in [-0.2, 0) is 22.8 Å². The first kappa shape index (κ1) is 16.7. The third-order valence-electron chi connectivity index (χ3n) is 3.71. The maximum absolute atomic E-state index is 11.7. The Bertz CT molecular complexity index is 569. The summed E-state index contributed by atoms with van der Waals surface area (Å²) in [6.07, 6.45) is 2.06. The van der Waals surface area contributed by atoms with Crippen LogP contribution in [0.1, 0.15) is 37.8 Å². The average Bonchev–Trinajstić information content (AvgIpc) is 2.78. The van der Waals surface area contributed by atoms with Gasteiger partial charge in [-0.15, -0.1) is 11.3 Å². The number of rotatable bonds is 6. The molecule has 2 heterocycles. The molecule has 0 radical (unpaired) electrons. The highest BCUT2D eigenvalue weighted by molar-refractivity contribution is 7.91. The second kappa shape index (κ2) is 7.07. The Morgan fingerprint density at radius 3 is 2.81 bits per heavy atom. The zero-order chi connectivity index (χ0) is 15.5. The lowest BCUT2D eigenvalue weighted by atomic mass is 10.2. The molecule has 1 fully saturated rings. The lowest BCUT2D eigenvalue weighted by Gasteiger charge is -2.32. The molecule has 1 N–H and O–H groups in total. The smallest absolute Gasteiger partial charge is 0.186 e. The van der Waals surface area contributed by atoms with E-state index >= 15 is 0 Å². The predicted octanol–water partition coefficient (Wildman–Crippen LogP) is 1.83. The van der Waals surface area contributed by atoms with Crippen LogP contribution in [0.4, 0.5) is 5.13 Å². The summed E-state index contributed by atoms with van der Waals surface area (Å²) in [6, 6.07) is 0.0105. The Morgan fingerprint density at radius 2 is 2.19 bits per heavy atom. The van der Waals surface area contributed by atoms with Gasteiger partial charge in [-0.05, 0) is 19.9 Å². The minimum atomic E-state index is -2.88. The van der Waals surface area contributed by atoms with Crippen molar-refractivity contribution in [3.05, 3.63) is 10.6 Å². The monoisotopic (exact) mass is 331 g/mol. The number of aryl methyl sites for hydroxylation is 1. The van der Waals surface area contributed by atoms with Crippen LogP contribution in [0, 0.1) is 0 Å². The molecule has 0 amide bonds. The molecule has 0 saturated carbocycles. The van der Waals surface area contributed by atoms with E-state index < -0.39 is 9.84 Å². The Kier molecular flexibility index (Phi) is 5.62. The molecule has 0 aromatic carbocycles. The Balaban J connectivity index is 2.19. The number of hydrogen-bond acceptors (Lipinski definition) is 6. The van der Waals surface area contributed by atoms with E-state index in [0.29, 0.717) is 6.54 Å². The van der Waals surface area contributed by atoms with Crippen LogP contribution in [0.25, 0.3) is 0 Å². The van der Waals surface area contributed by atoms with Gasteiger partial charge < -0.3 is 10.2 Å². The van der Waals surface area contributed by atoms with Crippen molar-refractivity contribution >= 4 is 26.3 Å². The average molecular weight is 332 g/mol. The van der Waals surface area contributed by atoms with Crippen molar-refractivity contribution in [1.29, 1.82) is 0 Å². The standard InChI is InChI=1S/C14H25N3O2S2/c1-4-6-12-13(9-15-5-2)20-14(16-12)17-7-8-21(18,19)10-11(17)3/h11,15H,4-10H2,1-3H3. The van der Waals surface area contributed by atoms with Gasteiger partial charge in [-0.1, -0.05) is 20.3 Å². The molecule has 120 valence electrons. The summed E-state index contributed by atoms with van der Waals surface area (Å²) in [6.45, 7) is 8.58. The largest absolute Gasteiger partial charge is 0.343 e. The molecule has 5 nitrogen and oxygen atoms in total. The maximum atomic E-state index is 11.7. The lowest BCUT2D eigenvalue weighted by Crippen LogP contribution is -2.47. The molecule has 1 atom stereocenters. The van der Waals surface area contributed by atoms with Gasteiger partial charge in [0.25, 0.3) is 0 Å². The summed E-state index contributed by atoms with van der Waals surface area (Å²) < 4.78 is 23.4. The summed E-state index contributed by atoms with van der Waals surface area (Å²) in [7, 11) is -2.88. The van der Waals surface area contributed by atoms with Crippen LogP contribution in [0.3, 0.4) is 0 Å². The summed E-state index contributed by atoms with van der Waals surface area (Å²) in [5.74, 6) is 0.473. The molecular formula is C14H25N3O2S2. The van der Waals surface area contributed by atoms with Gasteiger partial charge in [-0.25, -0.2) is 13.4 Å². The van der Waals surface area contributed by atoms with Crippen LogP contribution < -0.4 is 10.2 Å². The SMILES string of the molecule is CCCc1nc(N2CCS(=O)(=O)CC2C)sc1CNCC. The molecule has 1 aliphatic heterocycles. The van der Waals surface area contributed by atoms with Crippen molar-refractivity contribution in [3.8, 4) is 0 Å². The zero-order valence-corrected chi connectivity index (χ0v) is 14.7. The van der Waals surface area contributed by atoms with Crippen LogP contribution in [0.5, 0.6) is 0 Å². The maximum Gasteiger partial charge on any atom is 0.186 e. The van der Waals surface area contributed by atoms with E-state index in [2.05, 4.69) is 24.1 Å². The highest BCUT2D eigenvalue weighted by Crippen LogP contribution is 2.30. The molecule has 1 aliphatic rings. The number of anilines is 1. The molecule has 7 heteroatoms. The highest BCUT2D eigenvalue weighted by atomic mass is 32.2. The summed E-state index contributed by atoms with van der Waals surface area (Å²) in [5, 5.41) is 4.34. The number of thiazole rings is 1. The molecule has 1 saturated heterocycles. The minimum Gasteiger partial charge on any atom is -0.343 e. The van der Waals surface area contributed by atoms with Crippen molar-refractivity contribution < 1.29 is 8.42 Å². The van der Waals surface area contributed by atoms with E-state index in [4.69, 9.17) is 4.98 Å². The fourth-order valence-electron chi connectivity index (χ4n) is 2.58. The van der Waals surface area contributed by atoms with Gasteiger partial charge in [0.05, 0.1) is 17.2 Å². The summed E-state index contributed by atoms with van der Waals surface area (Å²) >= 11 is 1.71. The quantitative estimate of drug-likeness (QED) is 0.862. The summed E-state index contributed by atoms with van der Waals surface area (Å²) in [4.78, 5) is 8.22. The van der Waals surface area contributed by atoms with Gasteiger partial charge >= 0.3 is 0 Å². The Labute approximate surface area is 131 Å². The normalized spacial score (nSPS) is 21.7. The number of hydrogen-bond donors (Lipinski definition) is 1. The molecule has 2 rings (SSSR count). The minimum absolute atomic E-state index is 0.0105. The van der Waals surface area contributed by atoms with Gasteiger partial charge in [-0.2, -0.15) is 0 Å². The third kappa shape index (κ3) is 4.17. The van der Waals surface area contributed by atoms with Crippen molar-refractivity contribution in [1.82, 2.24) is 10.3 Å². The first-order valence-corrected chi connectivity index (χ1v) is 10.3. The number of nitrogens with one attached hydrogen (secondary N) is 1. The third-order valence-corrected chi connectivity index (χ3v) is 6.63. The molecule has 1 unspecified atom stereocenters. The van der Waals surface area contributed by atoms with Crippen LogP contribution >= 0.6 is 11.3 Å². The van der Waals surface area contributed by atoms with E-state index in [-0.39, 0.29) is 17.5 Å².